The molecule has 13 rings (SSSR count). The number of rotatable bonds is 38. The van der Waals surface area contributed by atoms with E-state index in [1.54, 1.807) is 0 Å². The summed E-state index contributed by atoms with van der Waals surface area (Å²) < 4.78 is 115. The Kier molecular flexibility index (Phi) is 29.1. The van der Waals surface area contributed by atoms with E-state index < -0.39 is 98.1 Å². The summed E-state index contributed by atoms with van der Waals surface area (Å²) in [6, 6.07) is 98.9. The molecule has 3 heterocycles. The van der Waals surface area contributed by atoms with Gasteiger partial charge in [-0.1, -0.05) is 303 Å². The van der Waals surface area contributed by atoms with Gasteiger partial charge in [0.05, 0.1) is 85.9 Å². The number of carbonyl (C=O) groups excluding carboxylic acids is 1. The Morgan fingerprint density at radius 3 is 0.682 bits per heavy atom. The number of esters is 1. The lowest BCUT2D eigenvalue weighted by Gasteiger charge is -2.52. The van der Waals surface area contributed by atoms with Crippen molar-refractivity contribution in [1.29, 1.82) is 0 Å². The van der Waals surface area contributed by atoms with Crippen molar-refractivity contribution in [2.45, 2.75) is 165 Å². The monoisotopic (exact) mass is 1450 g/mol. The average Bonchev–Trinajstić information content (AvgIpc) is 0.758. The Balaban J connectivity index is 0.959. The Labute approximate surface area is 627 Å². The van der Waals surface area contributed by atoms with Gasteiger partial charge >= 0.3 is 5.97 Å². The zero-order chi connectivity index (χ0) is 72.9. The van der Waals surface area contributed by atoms with E-state index in [2.05, 4.69) is 0 Å². The summed E-state index contributed by atoms with van der Waals surface area (Å²) in [5, 5.41) is 0. The van der Waals surface area contributed by atoms with E-state index >= 15 is 0 Å². The van der Waals surface area contributed by atoms with Gasteiger partial charge in [-0.3, -0.25) is 4.79 Å². The van der Waals surface area contributed by atoms with Crippen LogP contribution in [-0.4, -0.2) is 118 Å². The van der Waals surface area contributed by atoms with Crippen molar-refractivity contribution in [1.82, 2.24) is 0 Å². The molecule has 0 aliphatic carbocycles. The van der Waals surface area contributed by atoms with Crippen LogP contribution in [0.1, 0.15) is 62.6 Å². The lowest BCUT2D eigenvalue weighted by Crippen LogP contribution is -2.68. The van der Waals surface area contributed by atoms with Crippen LogP contribution < -0.4 is 0 Å². The van der Waals surface area contributed by atoms with E-state index in [1.165, 1.54) is 6.92 Å². The van der Waals surface area contributed by atoms with Crippen molar-refractivity contribution in [3.63, 3.8) is 0 Å². The highest BCUT2D eigenvalue weighted by molar-refractivity contribution is 5.66. The molecule has 10 aromatic rings. The van der Waals surface area contributed by atoms with Gasteiger partial charge in [0.15, 0.2) is 25.0 Å². The average molecular weight is 1450 g/mol. The zero-order valence-electron chi connectivity index (χ0n) is 60.2. The first-order valence-electron chi connectivity index (χ1n) is 36.8. The highest BCUT2D eigenvalue weighted by Crippen LogP contribution is 2.40. The molecule has 0 unspecified atom stereocenters. The van der Waals surface area contributed by atoms with Crippen LogP contribution >= 0.6 is 0 Å². The lowest BCUT2D eigenvalue weighted by molar-refractivity contribution is -0.405. The van der Waals surface area contributed by atoms with Crippen molar-refractivity contribution < 1.29 is 80.6 Å². The van der Waals surface area contributed by atoms with Crippen LogP contribution in [-0.2, 0) is 147 Å². The Morgan fingerprint density at radius 2 is 0.430 bits per heavy atom. The van der Waals surface area contributed by atoms with Gasteiger partial charge in [-0.05, 0) is 55.6 Å². The maximum Gasteiger partial charge on any atom is 0.303 e. The molecule has 17 nitrogen and oxygen atoms in total. The van der Waals surface area contributed by atoms with E-state index in [9.17, 15) is 4.79 Å². The highest BCUT2D eigenvalue weighted by atomic mass is 16.8. The minimum atomic E-state index is -1.50. The van der Waals surface area contributed by atoms with Gasteiger partial charge in [-0.2, -0.15) is 0 Å². The highest BCUT2D eigenvalue weighted by Gasteiger charge is 2.58. The maximum atomic E-state index is 14.1. The molecule has 0 saturated carbocycles. The van der Waals surface area contributed by atoms with Crippen molar-refractivity contribution >= 4 is 5.97 Å². The van der Waals surface area contributed by atoms with Gasteiger partial charge in [0.1, 0.15) is 67.1 Å². The third kappa shape index (κ3) is 22.8. The summed E-state index contributed by atoms with van der Waals surface area (Å²) in [7, 11) is 0. The van der Waals surface area contributed by atoms with E-state index in [-0.39, 0.29) is 85.9 Å². The van der Waals surface area contributed by atoms with Crippen LogP contribution in [0.25, 0.3) is 0 Å². The molecule has 556 valence electrons. The molecule has 0 amide bonds. The van der Waals surface area contributed by atoms with E-state index in [0.29, 0.717) is 0 Å². The summed E-state index contributed by atoms with van der Waals surface area (Å²) in [6.45, 7) is 2.90. The smallest absolute Gasteiger partial charge is 0.303 e. The molecule has 3 fully saturated rings. The first-order chi connectivity index (χ1) is 52.9. The molecule has 3 saturated heterocycles. The second-order valence-electron chi connectivity index (χ2n) is 26.8. The van der Waals surface area contributed by atoms with E-state index in [1.807, 2.05) is 303 Å². The number of hydrogen-bond donors (Lipinski definition) is 0. The molecule has 107 heavy (non-hydrogen) atoms. The standard InChI is InChI=1S/C90H94O17/c1-65(91)102-86-83(99-59-73-46-26-9-27-47-73)80(96-56-70-40-20-6-21-41-70)77(63-93-53-67-34-14-3-15-35-67)104-89(86)107-87-84(100-60-74-48-28-10-29-49-74)81(97-57-71-42-22-7-23-43-71)78(64-94-54-68-36-16-4-17-37-68)105-90(87)106-85-82(98-58-72-44-24-8-25-45-72)79(95-55-69-38-18-5-19-39-69)76(62-92-52-66-32-12-2-13-33-66)103-88(85)101-61-75-50-30-11-31-51-75/h2-51,76-90H,52-64H2,1H3/t76-,77-,78-,79-,80-,81-,82+,83+,84+,85+,86+,87+,88+,89-,90-/m1/s1. The summed E-state index contributed by atoms with van der Waals surface area (Å²) in [6.07, 6.45) is -16.9. The Hall–Kier alpha value is -8.93. The van der Waals surface area contributed by atoms with E-state index in [0.717, 1.165) is 55.6 Å². The predicted molar refractivity (Wildman–Crippen MR) is 401 cm³/mol. The fraction of sp³-hybridized carbons (Fsp3) is 0.322. The molecule has 17 heteroatoms. The van der Waals surface area contributed by atoms with Gasteiger partial charge in [0, 0.05) is 6.92 Å². The van der Waals surface area contributed by atoms with Crippen LogP contribution in [0.2, 0.25) is 0 Å². The molecule has 15 atom stereocenters. The third-order valence-electron chi connectivity index (χ3n) is 18.8. The largest absolute Gasteiger partial charge is 0.454 e. The van der Waals surface area contributed by atoms with Crippen LogP contribution in [0.15, 0.2) is 303 Å². The molecule has 0 N–H and O–H groups in total. The third-order valence-corrected chi connectivity index (χ3v) is 18.8. The first-order valence-corrected chi connectivity index (χ1v) is 36.8. The SMILES string of the molecule is CC(=O)O[C@@H]1[C@@H](O[C@@H]2[C@@H](O[C@@H]3[C@@H](OCc4ccccc4)O[C@H](COCc4ccccc4)[C@@H](OCc4ccccc4)[C@@H]3OCc3ccccc3)O[C@H](COCc3ccccc3)[C@@H](OCc3ccccc3)[C@@H]2OCc2ccccc2)O[C@H](COCc2ccccc2)[C@@H](OCc2ccccc2)[C@@H]1OCc1ccccc1. The maximum absolute atomic E-state index is 14.1. The first kappa shape index (κ1) is 76.3. The Morgan fingerprint density at radius 1 is 0.234 bits per heavy atom. The zero-order valence-corrected chi connectivity index (χ0v) is 60.2. The number of carbonyl (C=O) groups is 1. The summed E-state index contributed by atoms with van der Waals surface area (Å²) in [5.41, 5.74) is 9.03. The number of hydrogen-bond acceptors (Lipinski definition) is 17. The molecule has 10 aromatic carbocycles. The van der Waals surface area contributed by atoms with Gasteiger partial charge in [0.2, 0.25) is 0 Å². The van der Waals surface area contributed by atoms with Crippen LogP contribution in [0.5, 0.6) is 0 Å². The molecular formula is C90H94O17. The lowest BCUT2D eigenvalue weighted by atomic mass is 9.95. The van der Waals surface area contributed by atoms with Crippen LogP contribution in [0.3, 0.4) is 0 Å². The van der Waals surface area contributed by atoms with Crippen molar-refractivity contribution in [2.75, 3.05) is 19.8 Å². The molecular weight excluding hydrogens is 1350 g/mol. The van der Waals surface area contributed by atoms with Crippen molar-refractivity contribution in [2.24, 2.45) is 0 Å². The van der Waals surface area contributed by atoms with Crippen molar-refractivity contribution in [3.8, 4) is 0 Å². The Bertz CT molecular complexity index is 4090. The second-order valence-corrected chi connectivity index (χ2v) is 26.8. The van der Waals surface area contributed by atoms with Gasteiger partial charge in [0.25, 0.3) is 0 Å². The summed E-state index contributed by atoms with van der Waals surface area (Å²) in [5.74, 6) is -0.634. The minimum absolute atomic E-state index is 0.0221. The molecule has 0 spiro atoms. The fourth-order valence-corrected chi connectivity index (χ4v) is 13.4. The van der Waals surface area contributed by atoms with Gasteiger partial charge in [-0.15, -0.1) is 0 Å². The normalized spacial score (nSPS) is 24.3. The number of benzene rings is 10. The predicted octanol–water partition coefficient (Wildman–Crippen LogP) is 15.2. The fourth-order valence-electron chi connectivity index (χ4n) is 13.4. The second kappa shape index (κ2) is 40.9. The molecule has 0 radical (unpaired) electrons. The topological polar surface area (TPSA) is 165 Å². The van der Waals surface area contributed by atoms with Crippen molar-refractivity contribution in [3.05, 3.63) is 359 Å². The minimum Gasteiger partial charge on any atom is -0.454 e. The van der Waals surface area contributed by atoms with Crippen LogP contribution in [0, 0.1) is 0 Å². The number of ether oxygens (including phenoxy) is 16. The summed E-state index contributed by atoms with van der Waals surface area (Å²) in [4.78, 5) is 14.1. The quantitative estimate of drug-likeness (QED) is 0.0335. The van der Waals surface area contributed by atoms with Gasteiger partial charge in [-0.25, -0.2) is 0 Å². The summed E-state index contributed by atoms with van der Waals surface area (Å²) >= 11 is 0. The molecule has 3 aliphatic heterocycles. The van der Waals surface area contributed by atoms with E-state index in [4.69, 9.17) is 75.8 Å². The molecule has 3 aliphatic rings. The van der Waals surface area contributed by atoms with Crippen LogP contribution in [0.4, 0.5) is 0 Å². The van der Waals surface area contributed by atoms with Gasteiger partial charge < -0.3 is 75.8 Å². The molecule has 0 bridgehead atoms. The molecule has 0 aromatic heterocycles.